The Morgan fingerprint density at radius 3 is 2.20 bits per heavy atom. The van der Waals surface area contributed by atoms with Gasteiger partial charge in [0.1, 0.15) is 11.6 Å². The largest absolute Gasteiger partial charge is 0.467 e. The first-order chi connectivity index (χ1) is 11.5. The summed E-state index contributed by atoms with van der Waals surface area (Å²) in [6.07, 6.45) is -1.36. The molecule has 1 N–H and O–H groups in total. The molecule has 1 fully saturated rings. The van der Waals surface area contributed by atoms with Crippen LogP contribution in [0.2, 0.25) is 0 Å². The molecule has 3 amide bonds. The van der Waals surface area contributed by atoms with Gasteiger partial charge >= 0.3 is 18.0 Å². The van der Waals surface area contributed by atoms with Crippen molar-refractivity contribution in [2.45, 2.75) is 58.1 Å². The molecule has 0 unspecified atom stereocenters. The van der Waals surface area contributed by atoms with Gasteiger partial charge in [-0.2, -0.15) is 0 Å². The van der Waals surface area contributed by atoms with Crippen molar-refractivity contribution >= 4 is 29.8 Å². The molecule has 1 saturated heterocycles. The molecule has 1 atom stereocenters. The highest BCUT2D eigenvalue weighted by atomic mass is 16.7. The fourth-order valence-corrected chi connectivity index (χ4v) is 1.91. The fourth-order valence-electron chi connectivity index (χ4n) is 1.91. The number of rotatable bonds is 6. The molecule has 0 aliphatic carbocycles. The Morgan fingerprint density at radius 2 is 1.72 bits per heavy atom. The predicted molar refractivity (Wildman–Crippen MR) is 81.6 cm³/mol. The summed E-state index contributed by atoms with van der Waals surface area (Å²) in [7, 11) is 1.13. The van der Waals surface area contributed by atoms with E-state index in [9.17, 15) is 24.0 Å². The SMILES string of the molecule is COC(=O)[C@H](CCC(=O)ON1C(=O)CCC1=O)NC(=O)OC(C)(C)C. The first-order valence-corrected chi connectivity index (χ1v) is 7.67. The second kappa shape index (κ2) is 8.45. The van der Waals surface area contributed by atoms with Crippen LogP contribution in [0.5, 0.6) is 0 Å². The van der Waals surface area contributed by atoms with Crippen molar-refractivity contribution in [3.8, 4) is 0 Å². The summed E-state index contributed by atoms with van der Waals surface area (Å²) in [6, 6.07) is -1.14. The first-order valence-electron chi connectivity index (χ1n) is 7.67. The van der Waals surface area contributed by atoms with E-state index in [0.717, 1.165) is 7.11 Å². The van der Waals surface area contributed by atoms with Gasteiger partial charge in [-0.3, -0.25) is 9.59 Å². The Balaban J connectivity index is 2.56. The van der Waals surface area contributed by atoms with E-state index in [4.69, 9.17) is 4.74 Å². The number of methoxy groups -OCH3 is 1. The number of ether oxygens (including phenoxy) is 2. The molecule has 0 spiro atoms. The fraction of sp³-hybridized carbons (Fsp3) is 0.667. The molecular weight excluding hydrogens is 336 g/mol. The van der Waals surface area contributed by atoms with Gasteiger partial charge in [-0.15, -0.1) is 5.06 Å². The lowest BCUT2D eigenvalue weighted by Crippen LogP contribution is -2.44. The summed E-state index contributed by atoms with van der Waals surface area (Å²) in [6.45, 7) is 4.96. The highest BCUT2D eigenvalue weighted by Crippen LogP contribution is 2.14. The zero-order valence-electron chi connectivity index (χ0n) is 14.6. The third-order valence-corrected chi connectivity index (χ3v) is 3.01. The van der Waals surface area contributed by atoms with Gasteiger partial charge in [0.05, 0.1) is 13.5 Å². The number of hydrogen-bond acceptors (Lipinski definition) is 8. The monoisotopic (exact) mass is 358 g/mol. The van der Waals surface area contributed by atoms with Crippen molar-refractivity contribution < 1.29 is 38.3 Å². The third-order valence-electron chi connectivity index (χ3n) is 3.01. The average Bonchev–Trinajstić information content (AvgIpc) is 2.80. The van der Waals surface area contributed by atoms with Crippen LogP contribution in [-0.4, -0.2) is 53.7 Å². The smallest absolute Gasteiger partial charge is 0.408 e. The molecule has 10 nitrogen and oxygen atoms in total. The Hall–Kier alpha value is -2.65. The van der Waals surface area contributed by atoms with Crippen molar-refractivity contribution in [3.05, 3.63) is 0 Å². The summed E-state index contributed by atoms with van der Waals surface area (Å²) in [5, 5.41) is 2.71. The third kappa shape index (κ3) is 6.77. The van der Waals surface area contributed by atoms with Crippen LogP contribution < -0.4 is 5.32 Å². The van der Waals surface area contributed by atoms with Gasteiger partial charge in [-0.1, -0.05) is 0 Å². The van der Waals surface area contributed by atoms with Gasteiger partial charge in [-0.05, 0) is 27.2 Å². The van der Waals surface area contributed by atoms with Crippen LogP contribution in [0.3, 0.4) is 0 Å². The second-order valence-electron chi connectivity index (χ2n) is 6.31. The van der Waals surface area contributed by atoms with Gasteiger partial charge in [0.25, 0.3) is 11.8 Å². The lowest BCUT2D eigenvalue weighted by Gasteiger charge is -2.22. The van der Waals surface area contributed by atoms with E-state index < -0.39 is 41.5 Å². The number of nitrogens with one attached hydrogen (secondary N) is 1. The van der Waals surface area contributed by atoms with E-state index in [1.54, 1.807) is 20.8 Å². The number of amides is 3. The molecule has 0 radical (unpaired) electrons. The number of imide groups is 1. The van der Waals surface area contributed by atoms with Crippen molar-refractivity contribution in [2.24, 2.45) is 0 Å². The molecular formula is C15H22N2O8. The minimum Gasteiger partial charge on any atom is -0.467 e. The van der Waals surface area contributed by atoms with Crippen LogP contribution in [0, 0.1) is 0 Å². The molecule has 1 aliphatic rings. The Kier molecular flexibility index (Phi) is 6.89. The van der Waals surface area contributed by atoms with E-state index in [0.29, 0.717) is 5.06 Å². The molecule has 0 bridgehead atoms. The highest BCUT2D eigenvalue weighted by Gasteiger charge is 2.33. The molecule has 1 rings (SSSR count). The predicted octanol–water partition coefficient (Wildman–Crippen LogP) is 0.440. The van der Waals surface area contributed by atoms with Crippen molar-refractivity contribution in [1.29, 1.82) is 0 Å². The van der Waals surface area contributed by atoms with E-state index in [2.05, 4.69) is 14.9 Å². The summed E-state index contributed by atoms with van der Waals surface area (Å²) in [5.41, 5.74) is -0.764. The molecule has 1 heterocycles. The number of carbonyl (C=O) groups excluding carboxylic acids is 5. The van der Waals surface area contributed by atoms with Crippen LogP contribution >= 0.6 is 0 Å². The summed E-state index contributed by atoms with van der Waals surface area (Å²) < 4.78 is 9.60. The molecule has 0 aromatic heterocycles. The normalized spacial score (nSPS) is 15.6. The maximum atomic E-state index is 11.8. The Labute approximate surface area is 144 Å². The zero-order valence-corrected chi connectivity index (χ0v) is 14.6. The van der Waals surface area contributed by atoms with Crippen molar-refractivity contribution in [1.82, 2.24) is 10.4 Å². The number of nitrogens with zero attached hydrogens (tertiary/aromatic N) is 1. The van der Waals surface area contributed by atoms with Gasteiger partial charge in [0.15, 0.2) is 0 Å². The molecule has 1 aliphatic heterocycles. The van der Waals surface area contributed by atoms with Gasteiger partial charge in [0.2, 0.25) is 0 Å². The molecule has 0 saturated carbocycles. The lowest BCUT2D eigenvalue weighted by molar-refractivity contribution is -0.197. The summed E-state index contributed by atoms with van der Waals surface area (Å²) >= 11 is 0. The minimum atomic E-state index is -1.14. The number of alkyl carbamates (subject to hydrolysis) is 1. The number of hydroxylamine groups is 2. The van der Waals surface area contributed by atoms with Gasteiger partial charge in [0, 0.05) is 12.8 Å². The van der Waals surface area contributed by atoms with E-state index >= 15 is 0 Å². The molecule has 0 aromatic rings. The zero-order chi connectivity index (χ0) is 19.2. The average molecular weight is 358 g/mol. The number of hydrogen-bond donors (Lipinski definition) is 1. The van der Waals surface area contributed by atoms with Crippen LogP contribution in [0.25, 0.3) is 0 Å². The lowest BCUT2D eigenvalue weighted by atomic mass is 10.1. The standard InChI is InChI=1S/C15H22N2O8/c1-15(2,3)24-14(22)16-9(13(21)23-4)5-8-12(20)25-17-10(18)6-7-11(17)19/h9H,5-8H2,1-4H3,(H,16,22)/t9-/m0/s1. The van der Waals surface area contributed by atoms with E-state index in [1.807, 2.05) is 0 Å². The maximum Gasteiger partial charge on any atom is 0.408 e. The molecule has 25 heavy (non-hydrogen) atoms. The topological polar surface area (TPSA) is 128 Å². The second-order valence-corrected chi connectivity index (χ2v) is 6.31. The summed E-state index contributed by atoms with van der Waals surface area (Å²) in [4.78, 5) is 62.6. The number of esters is 1. The Bertz CT molecular complexity index is 550. The Morgan fingerprint density at radius 1 is 1.16 bits per heavy atom. The number of carbonyl (C=O) groups is 5. The van der Waals surface area contributed by atoms with Crippen LogP contribution in [0.15, 0.2) is 0 Å². The van der Waals surface area contributed by atoms with Gasteiger partial charge < -0.3 is 19.6 Å². The van der Waals surface area contributed by atoms with Crippen molar-refractivity contribution in [2.75, 3.05) is 7.11 Å². The van der Waals surface area contributed by atoms with Gasteiger partial charge in [-0.25, -0.2) is 14.4 Å². The van der Waals surface area contributed by atoms with E-state index in [1.165, 1.54) is 0 Å². The minimum absolute atomic E-state index is 0.0168. The molecule has 140 valence electrons. The van der Waals surface area contributed by atoms with Crippen LogP contribution in [0.1, 0.15) is 46.5 Å². The van der Waals surface area contributed by atoms with Crippen molar-refractivity contribution in [3.63, 3.8) is 0 Å². The molecule has 10 heteroatoms. The molecule has 0 aromatic carbocycles. The quantitative estimate of drug-likeness (QED) is 0.535. The maximum absolute atomic E-state index is 11.8. The highest BCUT2D eigenvalue weighted by molar-refractivity contribution is 6.01. The first kappa shape index (κ1) is 20.4. The van der Waals surface area contributed by atoms with Crippen LogP contribution in [-0.2, 0) is 33.5 Å². The summed E-state index contributed by atoms with van der Waals surface area (Å²) in [5.74, 6) is -2.86. The van der Waals surface area contributed by atoms with E-state index in [-0.39, 0.29) is 25.7 Å². The van der Waals surface area contributed by atoms with Crippen LogP contribution in [0.4, 0.5) is 4.79 Å².